The predicted octanol–water partition coefficient (Wildman–Crippen LogP) is 4.40. The van der Waals surface area contributed by atoms with Crippen molar-refractivity contribution in [2.75, 3.05) is 6.54 Å². The van der Waals surface area contributed by atoms with Crippen molar-refractivity contribution < 1.29 is 13.2 Å². The first-order valence-corrected chi connectivity index (χ1v) is 12.2. The Balaban J connectivity index is 1.81. The third-order valence-corrected chi connectivity index (χ3v) is 7.56. The molecule has 29 heavy (non-hydrogen) atoms. The highest BCUT2D eigenvalue weighted by Crippen LogP contribution is 2.22. The van der Waals surface area contributed by atoms with Gasteiger partial charge in [0.25, 0.3) is 0 Å². The Bertz CT molecular complexity index is 922. The molecule has 1 aliphatic rings. The first-order valence-electron chi connectivity index (χ1n) is 9.95. The topological polar surface area (TPSA) is 66.5 Å². The number of amides is 1. The summed E-state index contributed by atoms with van der Waals surface area (Å²) in [5.74, 6) is -0.246. The zero-order valence-electron chi connectivity index (χ0n) is 16.6. The van der Waals surface area contributed by atoms with Crippen molar-refractivity contribution in [3.05, 3.63) is 64.1 Å². The number of hydrogen-bond acceptors (Lipinski definition) is 3. The molecule has 1 fully saturated rings. The van der Waals surface area contributed by atoms with Crippen LogP contribution >= 0.6 is 15.9 Å². The molecule has 0 saturated heterocycles. The first kappa shape index (κ1) is 22.0. The number of nitrogens with one attached hydrogen (secondary N) is 1. The second-order valence-corrected chi connectivity index (χ2v) is 10.5. The summed E-state index contributed by atoms with van der Waals surface area (Å²) in [5.41, 5.74) is 1.95. The van der Waals surface area contributed by atoms with E-state index in [9.17, 15) is 13.2 Å². The summed E-state index contributed by atoms with van der Waals surface area (Å²) in [6, 6.07) is 14.3. The summed E-state index contributed by atoms with van der Waals surface area (Å²) in [4.78, 5) is 12.9. The van der Waals surface area contributed by atoms with Gasteiger partial charge in [-0.15, -0.1) is 0 Å². The summed E-state index contributed by atoms with van der Waals surface area (Å²) >= 11 is 3.33. The molecule has 7 heteroatoms. The molecule has 156 valence electrons. The Hall–Kier alpha value is -1.70. The van der Waals surface area contributed by atoms with Crippen LogP contribution in [0.15, 0.2) is 57.9 Å². The molecule has 0 heterocycles. The van der Waals surface area contributed by atoms with Crippen molar-refractivity contribution in [1.82, 2.24) is 9.62 Å². The molecular formula is C22H27BrN2O3S. The lowest BCUT2D eigenvalue weighted by molar-refractivity contribution is -0.122. The van der Waals surface area contributed by atoms with Crippen molar-refractivity contribution in [1.29, 1.82) is 0 Å². The molecule has 3 rings (SSSR count). The molecule has 1 N–H and O–H groups in total. The highest BCUT2D eigenvalue weighted by atomic mass is 79.9. The summed E-state index contributed by atoms with van der Waals surface area (Å²) in [6.45, 7) is 1.94. The zero-order valence-corrected chi connectivity index (χ0v) is 19.0. The maximum Gasteiger partial charge on any atom is 0.243 e. The van der Waals surface area contributed by atoms with Crippen molar-refractivity contribution in [2.45, 2.75) is 56.5 Å². The van der Waals surface area contributed by atoms with Gasteiger partial charge >= 0.3 is 0 Å². The Labute approximate surface area is 181 Å². The lowest BCUT2D eigenvalue weighted by atomic mass is 9.95. The van der Waals surface area contributed by atoms with Crippen LogP contribution in [-0.4, -0.2) is 31.2 Å². The van der Waals surface area contributed by atoms with Gasteiger partial charge in [-0.3, -0.25) is 4.79 Å². The van der Waals surface area contributed by atoms with Gasteiger partial charge in [-0.2, -0.15) is 4.31 Å². The molecule has 0 radical (unpaired) electrons. The van der Waals surface area contributed by atoms with Gasteiger partial charge in [0, 0.05) is 17.1 Å². The van der Waals surface area contributed by atoms with E-state index in [4.69, 9.17) is 0 Å². The molecule has 2 aromatic rings. The summed E-state index contributed by atoms with van der Waals surface area (Å²) in [7, 11) is -3.81. The van der Waals surface area contributed by atoms with Crippen LogP contribution in [0.1, 0.15) is 43.2 Å². The Morgan fingerprint density at radius 2 is 1.66 bits per heavy atom. The van der Waals surface area contributed by atoms with Crippen LogP contribution < -0.4 is 5.32 Å². The van der Waals surface area contributed by atoms with E-state index in [1.807, 2.05) is 31.2 Å². The molecule has 1 amide bonds. The minimum atomic E-state index is -3.81. The maximum absolute atomic E-state index is 13.3. The largest absolute Gasteiger partial charge is 0.352 e. The standard InChI is InChI=1S/C22H27BrN2O3S/c1-17-7-9-18(10-8-17)15-25(16-22(26)24-20-5-3-2-4-6-20)29(27,28)21-13-11-19(23)12-14-21/h7-14,20H,2-6,15-16H2,1H3,(H,24,26). The Kier molecular flexibility index (Phi) is 7.49. The fraction of sp³-hybridized carbons (Fsp3) is 0.409. The highest BCUT2D eigenvalue weighted by Gasteiger charge is 2.28. The number of nitrogens with zero attached hydrogens (tertiary/aromatic N) is 1. The lowest BCUT2D eigenvalue weighted by Gasteiger charge is -2.26. The van der Waals surface area contributed by atoms with Gasteiger partial charge in [0.05, 0.1) is 11.4 Å². The second-order valence-electron chi connectivity index (χ2n) is 7.62. The second kappa shape index (κ2) is 9.87. The number of hydrogen-bond donors (Lipinski definition) is 1. The molecule has 1 aliphatic carbocycles. The maximum atomic E-state index is 13.3. The van der Waals surface area contributed by atoms with E-state index in [0.29, 0.717) is 0 Å². The van der Waals surface area contributed by atoms with Crippen LogP contribution in [0.2, 0.25) is 0 Å². The van der Waals surface area contributed by atoms with Crippen LogP contribution in [0, 0.1) is 6.92 Å². The molecule has 0 bridgehead atoms. The molecule has 1 saturated carbocycles. The zero-order chi connectivity index (χ0) is 20.9. The average Bonchev–Trinajstić information content (AvgIpc) is 2.70. The fourth-order valence-electron chi connectivity index (χ4n) is 3.56. The SMILES string of the molecule is Cc1ccc(CN(CC(=O)NC2CCCCC2)S(=O)(=O)c2ccc(Br)cc2)cc1. The minimum absolute atomic E-state index is 0.146. The lowest BCUT2D eigenvalue weighted by Crippen LogP contribution is -2.44. The number of rotatable bonds is 7. The van der Waals surface area contributed by atoms with E-state index in [-0.39, 0.29) is 29.9 Å². The van der Waals surface area contributed by atoms with Gasteiger partial charge in [-0.1, -0.05) is 65.0 Å². The van der Waals surface area contributed by atoms with Crippen LogP contribution in [0.3, 0.4) is 0 Å². The molecule has 0 spiro atoms. The average molecular weight is 479 g/mol. The Morgan fingerprint density at radius 3 is 2.28 bits per heavy atom. The molecule has 0 aromatic heterocycles. The highest BCUT2D eigenvalue weighted by molar-refractivity contribution is 9.10. The van der Waals surface area contributed by atoms with Crippen LogP contribution in [0.4, 0.5) is 0 Å². The number of sulfonamides is 1. The number of carbonyl (C=O) groups is 1. The third-order valence-electron chi connectivity index (χ3n) is 5.22. The van der Waals surface area contributed by atoms with E-state index in [1.54, 1.807) is 24.3 Å². The van der Waals surface area contributed by atoms with Crippen LogP contribution in [-0.2, 0) is 21.4 Å². The monoisotopic (exact) mass is 478 g/mol. The summed E-state index contributed by atoms with van der Waals surface area (Å²) in [6.07, 6.45) is 5.33. The van der Waals surface area contributed by atoms with E-state index < -0.39 is 10.0 Å². The van der Waals surface area contributed by atoms with Crippen molar-refractivity contribution >= 4 is 31.9 Å². The normalized spacial score (nSPS) is 15.4. The molecular weight excluding hydrogens is 452 g/mol. The smallest absolute Gasteiger partial charge is 0.243 e. The predicted molar refractivity (Wildman–Crippen MR) is 118 cm³/mol. The Morgan fingerprint density at radius 1 is 1.03 bits per heavy atom. The number of benzene rings is 2. The van der Waals surface area contributed by atoms with Gasteiger partial charge in [-0.25, -0.2) is 8.42 Å². The molecule has 2 aromatic carbocycles. The van der Waals surface area contributed by atoms with E-state index in [2.05, 4.69) is 21.2 Å². The van der Waals surface area contributed by atoms with Crippen molar-refractivity contribution in [3.8, 4) is 0 Å². The molecule has 0 atom stereocenters. The van der Waals surface area contributed by atoms with Gasteiger partial charge in [0.1, 0.15) is 0 Å². The molecule has 0 unspecified atom stereocenters. The number of carbonyl (C=O) groups excluding carboxylic acids is 1. The van der Waals surface area contributed by atoms with Crippen molar-refractivity contribution in [2.24, 2.45) is 0 Å². The summed E-state index contributed by atoms with van der Waals surface area (Å²) < 4.78 is 28.6. The molecule has 5 nitrogen and oxygen atoms in total. The van der Waals surface area contributed by atoms with Gasteiger partial charge in [0.2, 0.25) is 15.9 Å². The third kappa shape index (κ3) is 6.14. The van der Waals surface area contributed by atoms with Gasteiger partial charge in [-0.05, 0) is 49.6 Å². The fourth-order valence-corrected chi connectivity index (χ4v) is 5.21. The van der Waals surface area contributed by atoms with Crippen LogP contribution in [0.25, 0.3) is 0 Å². The molecule has 0 aliphatic heterocycles. The van der Waals surface area contributed by atoms with Gasteiger partial charge < -0.3 is 5.32 Å². The van der Waals surface area contributed by atoms with E-state index in [0.717, 1.165) is 41.3 Å². The quantitative estimate of drug-likeness (QED) is 0.641. The minimum Gasteiger partial charge on any atom is -0.352 e. The van der Waals surface area contributed by atoms with Crippen LogP contribution in [0.5, 0.6) is 0 Å². The number of aryl methyl sites for hydroxylation is 1. The number of halogens is 1. The summed E-state index contributed by atoms with van der Waals surface area (Å²) in [5, 5.41) is 3.02. The van der Waals surface area contributed by atoms with E-state index >= 15 is 0 Å². The van der Waals surface area contributed by atoms with Gasteiger partial charge in [0.15, 0.2) is 0 Å². The van der Waals surface area contributed by atoms with E-state index in [1.165, 1.54) is 10.7 Å². The first-order chi connectivity index (χ1) is 13.8. The van der Waals surface area contributed by atoms with Crippen molar-refractivity contribution in [3.63, 3.8) is 0 Å².